The number of rotatable bonds is 4. The fourth-order valence-corrected chi connectivity index (χ4v) is 2.80. The highest BCUT2D eigenvalue weighted by Crippen LogP contribution is 2.29. The van der Waals surface area contributed by atoms with Crippen LogP contribution in [0.25, 0.3) is 10.9 Å². The number of fused-ring (bicyclic) bond motifs is 1. The van der Waals surface area contributed by atoms with Crippen molar-refractivity contribution in [1.29, 1.82) is 0 Å². The third kappa shape index (κ3) is 2.87. The van der Waals surface area contributed by atoms with Gasteiger partial charge in [-0.25, -0.2) is 14.4 Å². The molecular weight excluding hydrogens is 326 g/mol. The molecule has 1 N–H and O–H groups in total. The maximum absolute atomic E-state index is 14.1. The minimum absolute atomic E-state index is 0.280. The molecule has 0 fully saturated rings. The molecule has 0 aliphatic heterocycles. The van der Waals surface area contributed by atoms with Crippen molar-refractivity contribution in [2.75, 3.05) is 11.9 Å². The van der Waals surface area contributed by atoms with Crippen molar-refractivity contribution in [3.05, 3.63) is 52.3 Å². The van der Waals surface area contributed by atoms with Gasteiger partial charge in [-0.15, -0.1) is 0 Å². The molecule has 114 valence electrons. The molecule has 0 amide bonds. The highest BCUT2D eigenvalue weighted by molar-refractivity contribution is 6.35. The van der Waals surface area contributed by atoms with E-state index in [2.05, 4.69) is 15.3 Å². The maximum Gasteiger partial charge on any atom is 0.147 e. The SMILES string of the molecule is Cc1cc2c(Cl)ccc(F)c2n1CCNc1cc(Cl)ncn1. The topological polar surface area (TPSA) is 42.7 Å². The molecule has 0 saturated heterocycles. The molecule has 0 saturated carbocycles. The van der Waals surface area contributed by atoms with E-state index in [1.54, 1.807) is 12.1 Å². The van der Waals surface area contributed by atoms with Gasteiger partial charge in [-0.3, -0.25) is 0 Å². The average Bonchev–Trinajstić information content (AvgIpc) is 2.82. The van der Waals surface area contributed by atoms with Gasteiger partial charge in [-0.1, -0.05) is 23.2 Å². The number of nitrogens with one attached hydrogen (secondary N) is 1. The van der Waals surface area contributed by atoms with E-state index in [4.69, 9.17) is 23.2 Å². The predicted octanol–water partition coefficient (Wildman–Crippen LogP) is 4.30. The van der Waals surface area contributed by atoms with Gasteiger partial charge in [0.2, 0.25) is 0 Å². The third-order valence-corrected chi connectivity index (χ3v) is 3.98. The molecule has 7 heteroatoms. The molecule has 0 radical (unpaired) electrons. The largest absolute Gasteiger partial charge is 0.368 e. The van der Waals surface area contributed by atoms with Crippen LogP contribution in [0.4, 0.5) is 10.2 Å². The number of halogens is 3. The van der Waals surface area contributed by atoms with Crippen LogP contribution in [-0.4, -0.2) is 21.1 Å². The minimum Gasteiger partial charge on any atom is -0.368 e. The molecule has 3 rings (SSSR count). The van der Waals surface area contributed by atoms with E-state index in [1.807, 2.05) is 17.6 Å². The summed E-state index contributed by atoms with van der Waals surface area (Å²) < 4.78 is 16.0. The third-order valence-electron chi connectivity index (χ3n) is 3.44. The second-order valence-electron chi connectivity index (χ2n) is 4.88. The summed E-state index contributed by atoms with van der Waals surface area (Å²) in [5.41, 5.74) is 1.47. The van der Waals surface area contributed by atoms with Crippen LogP contribution in [0, 0.1) is 12.7 Å². The lowest BCUT2D eigenvalue weighted by Gasteiger charge is -2.10. The first-order valence-electron chi connectivity index (χ1n) is 6.71. The molecule has 3 aromatic rings. The average molecular weight is 339 g/mol. The lowest BCUT2D eigenvalue weighted by molar-refractivity contribution is 0.621. The monoisotopic (exact) mass is 338 g/mol. The summed E-state index contributed by atoms with van der Waals surface area (Å²) in [6.07, 6.45) is 1.39. The molecule has 0 bridgehead atoms. The van der Waals surface area contributed by atoms with Crippen molar-refractivity contribution >= 4 is 39.9 Å². The lowest BCUT2D eigenvalue weighted by Crippen LogP contribution is -2.12. The zero-order valence-electron chi connectivity index (χ0n) is 11.8. The first-order chi connectivity index (χ1) is 10.6. The molecule has 0 atom stereocenters. The van der Waals surface area contributed by atoms with Gasteiger partial charge in [-0.2, -0.15) is 0 Å². The van der Waals surface area contributed by atoms with Crippen LogP contribution >= 0.6 is 23.2 Å². The van der Waals surface area contributed by atoms with Crippen LogP contribution in [0.5, 0.6) is 0 Å². The van der Waals surface area contributed by atoms with Crippen LogP contribution in [-0.2, 0) is 6.54 Å². The lowest BCUT2D eigenvalue weighted by atomic mass is 10.2. The minimum atomic E-state index is -0.280. The maximum atomic E-state index is 14.1. The Balaban J connectivity index is 1.82. The standard InChI is InChI=1S/C15H13Cl2FN4/c1-9-6-10-11(16)2-3-12(18)15(10)22(9)5-4-19-14-7-13(17)20-8-21-14/h2-3,6-8H,4-5H2,1H3,(H,19,20,21). The van der Waals surface area contributed by atoms with Crippen molar-refractivity contribution in [3.63, 3.8) is 0 Å². The summed E-state index contributed by atoms with van der Waals surface area (Å²) >= 11 is 11.9. The van der Waals surface area contributed by atoms with Crippen molar-refractivity contribution in [1.82, 2.24) is 14.5 Å². The number of nitrogens with zero attached hydrogens (tertiary/aromatic N) is 3. The zero-order valence-corrected chi connectivity index (χ0v) is 13.3. The van der Waals surface area contributed by atoms with E-state index in [0.29, 0.717) is 34.6 Å². The van der Waals surface area contributed by atoms with Crippen LogP contribution in [0.2, 0.25) is 10.2 Å². The summed E-state index contributed by atoms with van der Waals surface area (Å²) in [6, 6.07) is 6.49. The van der Waals surface area contributed by atoms with Gasteiger partial charge in [0, 0.05) is 30.2 Å². The number of benzene rings is 1. The number of aryl methyl sites for hydroxylation is 1. The number of hydrogen-bond acceptors (Lipinski definition) is 3. The van der Waals surface area contributed by atoms with Crippen molar-refractivity contribution < 1.29 is 4.39 Å². The summed E-state index contributed by atoms with van der Waals surface area (Å²) in [5.74, 6) is 0.352. The summed E-state index contributed by atoms with van der Waals surface area (Å²) in [7, 11) is 0. The predicted molar refractivity (Wildman–Crippen MR) is 87.2 cm³/mol. The second kappa shape index (κ2) is 6.10. The van der Waals surface area contributed by atoms with Crippen LogP contribution in [0.1, 0.15) is 5.69 Å². The Morgan fingerprint density at radius 2 is 2.05 bits per heavy atom. The molecule has 0 aliphatic carbocycles. The normalized spacial score (nSPS) is 11.1. The van der Waals surface area contributed by atoms with Crippen molar-refractivity contribution in [2.45, 2.75) is 13.5 Å². The highest BCUT2D eigenvalue weighted by Gasteiger charge is 2.12. The quantitative estimate of drug-likeness (QED) is 0.721. The summed E-state index contributed by atoms with van der Waals surface area (Å²) in [5, 5.41) is 4.79. The van der Waals surface area contributed by atoms with E-state index in [1.165, 1.54) is 12.4 Å². The molecule has 1 aromatic carbocycles. The van der Waals surface area contributed by atoms with E-state index in [0.717, 1.165) is 11.1 Å². The van der Waals surface area contributed by atoms with Gasteiger partial charge in [-0.05, 0) is 25.1 Å². The van der Waals surface area contributed by atoms with Crippen molar-refractivity contribution in [2.24, 2.45) is 0 Å². The van der Waals surface area contributed by atoms with E-state index in [-0.39, 0.29) is 5.82 Å². The molecule has 22 heavy (non-hydrogen) atoms. The fraction of sp³-hybridized carbons (Fsp3) is 0.200. The second-order valence-corrected chi connectivity index (χ2v) is 5.68. The Morgan fingerprint density at radius 1 is 1.23 bits per heavy atom. The van der Waals surface area contributed by atoms with E-state index in [9.17, 15) is 4.39 Å². The van der Waals surface area contributed by atoms with E-state index >= 15 is 0 Å². The van der Waals surface area contributed by atoms with Gasteiger partial charge in [0.25, 0.3) is 0 Å². The number of hydrogen-bond donors (Lipinski definition) is 1. The number of anilines is 1. The summed E-state index contributed by atoms with van der Waals surface area (Å²) in [6.45, 7) is 3.08. The van der Waals surface area contributed by atoms with Gasteiger partial charge in [0.1, 0.15) is 23.1 Å². The Hall–Kier alpha value is -1.85. The zero-order chi connectivity index (χ0) is 15.7. The van der Waals surface area contributed by atoms with Crippen LogP contribution in [0.3, 0.4) is 0 Å². The van der Waals surface area contributed by atoms with Gasteiger partial charge in [0.05, 0.1) is 10.5 Å². The summed E-state index contributed by atoms with van der Waals surface area (Å²) in [4.78, 5) is 7.88. The Morgan fingerprint density at radius 3 is 2.82 bits per heavy atom. The van der Waals surface area contributed by atoms with Gasteiger partial charge >= 0.3 is 0 Å². The van der Waals surface area contributed by atoms with Gasteiger partial charge < -0.3 is 9.88 Å². The van der Waals surface area contributed by atoms with Crippen LogP contribution in [0.15, 0.2) is 30.6 Å². The fourth-order valence-electron chi connectivity index (χ4n) is 2.45. The number of aromatic nitrogens is 3. The van der Waals surface area contributed by atoms with E-state index < -0.39 is 0 Å². The smallest absolute Gasteiger partial charge is 0.147 e. The van der Waals surface area contributed by atoms with Gasteiger partial charge in [0.15, 0.2) is 0 Å². The Bertz CT molecular complexity index is 832. The first-order valence-corrected chi connectivity index (χ1v) is 7.47. The molecule has 0 aliphatic rings. The van der Waals surface area contributed by atoms with Crippen LogP contribution < -0.4 is 5.32 Å². The van der Waals surface area contributed by atoms with Crippen molar-refractivity contribution in [3.8, 4) is 0 Å². The molecule has 4 nitrogen and oxygen atoms in total. The molecule has 2 heterocycles. The molecule has 0 spiro atoms. The Labute approximate surface area is 136 Å². The molecular formula is C15H13Cl2FN4. The highest BCUT2D eigenvalue weighted by atomic mass is 35.5. The molecule has 2 aromatic heterocycles. The molecule has 0 unspecified atom stereocenters. The first kappa shape index (κ1) is 15.1. The Kier molecular flexibility index (Phi) is 4.18.